The van der Waals surface area contributed by atoms with Crippen LogP contribution in [0.2, 0.25) is 0 Å². The van der Waals surface area contributed by atoms with Crippen LogP contribution >= 0.6 is 0 Å². The third kappa shape index (κ3) is 5.39. The van der Waals surface area contributed by atoms with E-state index in [0.29, 0.717) is 5.75 Å². The van der Waals surface area contributed by atoms with Crippen molar-refractivity contribution in [2.75, 3.05) is 20.6 Å². The van der Waals surface area contributed by atoms with Gasteiger partial charge in [-0.25, -0.2) is 0 Å². The number of carbonyl (C=O) groups excluding carboxylic acids is 1. The second-order valence-corrected chi connectivity index (χ2v) is 6.31. The molecule has 2 rings (SSSR count). The van der Waals surface area contributed by atoms with Crippen LogP contribution in [0.5, 0.6) is 5.75 Å². The first kappa shape index (κ1) is 18.0. The molecule has 0 aliphatic carbocycles. The predicted molar refractivity (Wildman–Crippen MR) is 97.1 cm³/mol. The lowest BCUT2D eigenvalue weighted by molar-refractivity contribution is -0.128. The minimum atomic E-state index is -0.555. The molecule has 1 N–H and O–H groups in total. The standard InChI is InChI=1S/C20H26N2O2/c1-15-10-12-18(13-11-15)24-16(2)20(23)21-19(14-22(3)4)17-8-6-5-7-9-17/h5-13,16,19H,14H2,1-4H3,(H,21,23)/t16-,19-/m0/s1. The number of amides is 1. The molecule has 0 aromatic heterocycles. The molecule has 0 fully saturated rings. The second kappa shape index (κ2) is 8.50. The molecule has 0 saturated heterocycles. The molecule has 0 heterocycles. The molecule has 2 atom stereocenters. The number of benzene rings is 2. The maximum Gasteiger partial charge on any atom is 0.261 e. The summed E-state index contributed by atoms with van der Waals surface area (Å²) in [7, 11) is 3.99. The SMILES string of the molecule is Cc1ccc(O[C@@H](C)C(=O)N[C@@H](CN(C)C)c2ccccc2)cc1. The van der Waals surface area contributed by atoms with E-state index in [4.69, 9.17) is 4.74 Å². The summed E-state index contributed by atoms with van der Waals surface area (Å²) >= 11 is 0. The van der Waals surface area contributed by atoms with E-state index in [0.717, 1.165) is 17.7 Å². The molecule has 0 spiro atoms. The quantitative estimate of drug-likeness (QED) is 0.850. The van der Waals surface area contributed by atoms with Gasteiger partial charge >= 0.3 is 0 Å². The predicted octanol–water partition coefficient (Wildman–Crippen LogP) is 3.18. The van der Waals surface area contributed by atoms with E-state index in [-0.39, 0.29) is 11.9 Å². The maximum atomic E-state index is 12.5. The molecule has 0 bridgehead atoms. The number of rotatable bonds is 7. The first-order chi connectivity index (χ1) is 11.5. The number of nitrogens with one attached hydrogen (secondary N) is 1. The zero-order chi connectivity index (χ0) is 17.5. The maximum absolute atomic E-state index is 12.5. The number of carbonyl (C=O) groups is 1. The van der Waals surface area contributed by atoms with E-state index in [1.807, 2.05) is 75.6 Å². The molecule has 0 radical (unpaired) electrons. The fraction of sp³-hybridized carbons (Fsp3) is 0.350. The minimum Gasteiger partial charge on any atom is -0.481 e. The highest BCUT2D eigenvalue weighted by Crippen LogP contribution is 2.16. The van der Waals surface area contributed by atoms with Gasteiger partial charge in [0.25, 0.3) is 5.91 Å². The van der Waals surface area contributed by atoms with Crippen molar-refractivity contribution in [3.8, 4) is 5.75 Å². The van der Waals surface area contributed by atoms with Crippen molar-refractivity contribution in [2.45, 2.75) is 26.0 Å². The Labute approximate surface area is 144 Å². The average Bonchev–Trinajstić information content (AvgIpc) is 2.56. The molecule has 2 aromatic rings. The molecule has 2 aromatic carbocycles. The third-order valence-electron chi connectivity index (χ3n) is 3.77. The van der Waals surface area contributed by atoms with Gasteiger partial charge in [0.1, 0.15) is 5.75 Å². The summed E-state index contributed by atoms with van der Waals surface area (Å²) in [5.41, 5.74) is 2.25. The van der Waals surface area contributed by atoms with E-state index < -0.39 is 6.10 Å². The van der Waals surface area contributed by atoms with Crippen LogP contribution in [0.3, 0.4) is 0 Å². The number of ether oxygens (including phenoxy) is 1. The van der Waals surface area contributed by atoms with Gasteiger partial charge in [-0.05, 0) is 45.6 Å². The molecule has 0 saturated carbocycles. The lowest BCUT2D eigenvalue weighted by atomic mass is 10.1. The van der Waals surface area contributed by atoms with Gasteiger partial charge in [0.05, 0.1) is 6.04 Å². The van der Waals surface area contributed by atoms with Gasteiger partial charge in [-0.15, -0.1) is 0 Å². The lowest BCUT2D eigenvalue weighted by Gasteiger charge is -2.24. The van der Waals surface area contributed by atoms with Crippen LogP contribution in [0.1, 0.15) is 24.1 Å². The highest BCUT2D eigenvalue weighted by atomic mass is 16.5. The van der Waals surface area contributed by atoms with Gasteiger partial charge in [0, 0.05) is 6.54 Å². The summed E-state index contributed by atoms with van der Waals surface area (Å²) in [6.07, 6.45) is -0.555. The second-order valence-electron chi connectivity index (χ2n) is 6.31. The van der Waals surface area contributed by atoms with Crippen molar-refractivity contribution in [1.82, 2.24) is 10.2 Å². The molecule has 128 valence electrons. The fourth-order valence-corrected chi connectivity index (χ4v) is 2.45. The van der Waals surface area contributed by atoms with Crippen LogP contribution in [0.25, 0.3) is 0 Å². The first-order valence-corrected chi connectivity index (χ1v) is 8.19. The minimum absolute atomic E-state index is 0.0715. The molecule has 0 aliphatic rings. The normalized spacial score (nSPS) is 13.4. The van der Waals surface area contributed by atoms with Crippen molar-refractivity contribution >= 4 is 5.91 Å². The Bertz CT molecular complexity index is 638. The van der Waals surface area contributed by atoms with Crippen molar-refractivity contribution < 1.29 is 9.53 Å². The number of likely N-dealkylation sites (N-methyl/N-ethyl adjacent to an activating group) is 1. The van der Waals surface area contributed by atoms with E-state index in [1.54, 1.807) is 6.92 Å². The summed E-state index contributed by atoms with van der Waals surface area (Å²) < 4.78 is 5.75. The van der Waals surface area contributed by atoms with E-state index in [2.05, 4.69) is 10.2 Å². The average molecular weight is 326 g/mol. The number of nitrogens with zero attached hydrogens (tertiary/aromatic N) is 1. The van der Waals surface area contributed by atoms with E-state index in [1.165, 1.54) is 0 Å². The van der Waals surface area contributed by atoms with E-state index in [9.17, 15) is 4.79 Å². The highest BCUT2D eigenvalue weighted by molar-refractivity contribution is 5.81. The van der Waals surface area contributed by atoms with Gasteiger partial charge in [0.2, 0.25) is 0 Å². The fourth-order valence-electron chi connectivity index (χ4n) is 2.45. The van der Waals surface area contributed by atoms with Crippen LogP contribution in [0.15, 0.2) is 54.6 Å². The van der Waals surface area contributed by atoms with Gasteiger partial charge in [-0.2, -0.15) is 0 Å². The third-order valence-corrected chi connectivity index (χ3v) is 3.77. The number of hydrogen-bond acceptors (Lipinski definition) is 3. The number of aryl methyl sites for hydroxylation is 1. The van der Waals surface area contributed by atoms with Crippen LogP contribution in [-0.4, -0.2) is 37.6 Å². The van der Waals surface area contributed by atoms with Gasteiger partial charge < -0.3 is 15.0 Å². The molecular weight excluding hydrogens is 300 g/mol. The zero-order valence-corrected chi connectivity index (χ0v) is 14.8. The topological polar surface area (TPSA) is 41.6 Å². The summed E-state index contributed by atoms with van der Waals surface area (Å²) in [6.45, 7) is 4.52. The first-order valence-electron chi connectivity index (χ1n) is 8.19. The summed E-state index contributed by atoms with van der Waals surface area (Å²) in [5.74, 6) is 0.582. The smallest absolute Gasteiger partial charge is 0.261 e. The molecule has 4 nitrogen and oxygen atoms in total. The molecule has 0 aliphatic heterocycles. The highest BCUT2D eigenvalue weighted by Gasteiger charge is 2.20. The van der Waals surface area contributed by atoms with Gasteiger partial charge in [0.15, 0.2) is 6.10 Å². The molecular formula is C20H26N2O2. The van der Waals surface area contributed by atoms with Crippen LogP contribution in [-0.2, 0) is 4.79 Å². The van der Waals surface area contributed by atoms with Crippen molar-refractivity contribution in [3.05, 3.63) is 65.7 Å². The summed E-state index contributed by atoms with van der Waals surface area (Å²) in [4.78, 5) is 14.6. The summed E-state index contributed by atoms with van der Waals surface area (Å²) in [5, 5.41) is 3.09. The molecule has 4 heteroatoms. The van der Waals surface area contributed by atoms with Crippen LogP contribution < -0.4 is 10.1 Å². The Balaban J connectivity index is 2.02. The molecule has 24 heavy (non-hydrogen) atoms. The zero-order valence-electron chi connectivity index (χ0n) is 14.8. The van der Waals surface area contributed by atoms with Crippen molar-refractivity contribution in [1.29, 1.82) is 0 Å². The molecule has 1 amide bonds. The Morgan fingerprint density at radius 1 is 1.08 bits per heavy atom. The van der Waals surface area contributed by atoms with Crippen molar-refractivity contribution in [3.63, 3.8) is 0 Å². The largest absolute Gasteiger partial charge is 0.481 e. The number of hydrogen-bond donors (Lipinski definition) is 1. The van der Waals surface area contributed by atoms with Crippen LogP contribution in [0.4, 0.5) is 0 Å². The Morgan fingerprint density at radius 2 is 1.71 bits per heavy atom. The Kier molecular flexibility index (Phi) is 6.38. The van der Waals surface area contributed by atoms with Crippen LogP contribution in [0, 0.1) is 6.92 Å². The molecule has 0 unspecified atom stereocenters. The van der Waals surface area contributed by atoms with E-state index >= 15 is 0 Å². The monoisotopic (exact) mass is 326 g/mol. The van der Waals surface area contributed by atoms with Crippen molar-refractivity contribution in [2.24, 2.45) is 0 Å². The van der Waals surface area contributed by atoms with Gasteiger partial charge in [-0.3, -0.25) is 4.79 Å². The Morgan fingerprint density at radius 3 is 2.29 bits per heavy atom. The van der Waals surface area contributed by atoms with Gasteiger partial charge in [-0.1, -0.05) is 48.0 Å². The summed E-state index contributed by atoms with van der Waals surface area (Å²) in [6, 6.07) is 17.6. The lowest BCUT2D eigenvalue weighted by Crippen LogP contribution is -2.41. The Hall–Kier alpha value is -2.33.